The number of anilines is 2. The van der Waals surface area contributed by atoms with Gasteiger partial charge in [-0.25, -0.2) is 4.98 Å². The van der Waals surface area contributed by atoms with Crippen molar-refractivity contribution in [1.29, 1.82) is 5.26 Å². The average Bonchev–Trinajstić information content (AvgIpc) is 3.25. The Balaban J connectivity index is 1.46. The van der Waals surface area contributed by atoms with E-state index < -0.39 is 6.17 Å². The zero-order chi connectivity index (χ0) is 21.6. The lowest BCUT2D eigenvalue weighted by Gasteiger charge is -2.47. The SMILES string of the molecule is Cc1c(C#N)cccc1[C@@H](N)Nc1nnc(C)c2cnc(N3CC4(CCOC4)C3)cc12. The summed E-state index contributed by atoms with van der Waals surface area (Å²) in [6, 6.07) is 9.83. The maximum absolute atomic E-state index is 9.32. The van der Waals surface area contributed by atoms with Gasteiger partial charge in [0.1, 0.15) is 12.0 Å². The van der Waals surface area contributed by atoms with Crippen LogP contribution in [0.2, 0.25) is 0 Å². The molecule has 8 nitrogen and oxygen atoms in total. The molecule has 31 heavy (non-hydrogen) atoms. The number of rotatable bonds is 4. The van der Waals surface area contributed by atoms with Crippen LogP contribution in [0, 0.1) is 30.6 Å². The molecule has 2 fully saturated rings. The standard InChI is InChI=1S/C23H25N7O/c1-14-16(9-24)4-3-5-17(14)21(25)27-22-18-8-20(26-10-19(18)15(2)28-29-22)30-11-23(12-30)6-7-31-13-23/h3-5,8,10,21H,6-7,11-13,25H2,1-2H3,(H,27,29)/t21-/m0/s1. The molecule has 1 aromatic carbocycles. The molecule has 3 N–H and O–H groups in total. The van der Waals surface area contributed by atoms with Crippen molar-refractivity contribution in [2.75, 3.05) is 36.5 Å². The first-order valence-electron chi connectivity index (χ1n) is 10.5. The van der Waals surface area contributed by atoms with Gasteiger partial charge in [0.2, 0.25) is 0 Å². The third-order valence-electron chi connectivity index (χ3n) is 6.52. The Morgan fingerprint density at radius 3 is 2.84 bits per heavy atom. The Kier molecular flexibility index (Phi) is 4.73. The van der Waals surface area contributed by atoms with Crippen LogP contribution >= 0.6 is 0 Å². The van der Waals surface area contributed by atoms with Crippen LogP contribution in [0.3, 0.4) is 0 Å². The molecule has 2 saturated heterocycles. The number of nitrogens with two attached hydrogens (primary N) is 1. The van der Waals surface area contributed by atoms with E-state index in [4.69, 9.17) is 10.5 Å². The minimum Gasteiger partial charge on any atom is -0.381 e. The highest BCUT2D eigenvalue weighted by atomic mass is 16.5. The second kappa shape index (κ2) is 7.45. The van der Waals surface area contributed by atoms with Gasteiger partial charge in [0.25, 0.3) is 0 Å². The van der Waals surface area contributed by atoms with Gasteiger partial charge >= 0.3 is 0 Å². The first kappa shape index (κ1) is 19.7. The smallest absolute Gasteiger partial charge is 0.158 e. The van der Waals surface area contributed by atoms with Crippen LogP contribution < -0.4 is 16.0 Å². The zero-order valence-corrected chi connectivity index (χ0v) is 17.7. The fourth-order valence-electron chi connectivity index (χ4n) is 4.60. The summed E-state index contributed by atoms with van der Waals surface area (Å²) < 4.78 is 5.59. The minimum absolute atomic E-state index is 0.287. The van der Waals surface area contributed by atoms with Crippen LogP contribution in [0.5, 0.6) is 0 Å². The van der Waals surface area contributed by atoms with E-state index in [9.17, 15) is 5.26 Å². The summed E-state index contributed by atoms with van der Waals surface area (Å²) in [4.78, 5) is 6.97. The Morgan fingerprint density at radius 1 is 1.26 bits per heavy atom. The number of pyridine rings is 1. The van der Waals surface area contributed by atoms with Crippen LogP contribution in [-0.2, 0) is 4.74 Å². The number of nitrogens with zero attached hydrogens (tertiary/aromatic N) is 5. The van der Waals surface area contributed by atoms with Gasteiger partial charge in [-0.15, -0.1) is 5.10 Å². The number of hydrogen-bond donors (Lipinski definition) is 2. The van der Waals surface area contributed by atoms with Crippen molar-refractivity contribution in [3.63, 3.8) is 0 Å². The molecule has 2 aromatic heterocycles. The summed E-state index contributed by atoms with van der Waals surface area (Å²) in [6.07, 6.45) is 2.46. The van der Waals surface area contributed by atoms with Gasteiger partial charge in [-0.1, -0.05) is 12.1 Å². The van der Waals surface area contributed by atoms with Crippen LogP contribution in [0.15, 0.2) is 30.5 Å². The van der Waals surface area contributed by atoms with Gasteiger partial charge in [-0.05, 0) is 43.5 Å². The average molecular weight is 416 g/mol. The fraction of sp³-hybridized carbons (Fsp3) is 0.391. The van der Waals surface area contributed by atoms with Crippen molar-refractivity contribution >= 4 is 22.4 Å². The quantitative estimate of drug-likeness (QED) is 0.626. The fourth-order valence-corrected chi connectivity index (χ4v) is 4.60. The van der Waals surface area contributed by atoms with Crippen molar-refractivity contribution in [3.05, 3.63) is 52.8 Å². The molecule has 158 valence electrons. The van der Waals surface area contributed by atoms with E-state index in [1.165, 1.54) is 0 Å². The highest BCUT2D eigenvalue weighted by Crippen LogP contribution is 2.41. The monoisotopic (exact) mass is 415 g/mol. The second-order valence-electron chi connectivity index (χ2n) is 8.63. The van der Waals surface area contributed by atoms with E-state index in [2.05, 4.69) is 37.5 Å². The molecule has 4 heterocycles. The molecular weight excluding hydrogens is 390 g/mol. The van der Waals surface area contributed by atoms with E-state index in [1.807, 2.05) is 32.2 Å². The summed E-state index contributed by atoms with van der Waals surface area (Å²) in [5.74, 6) is 1.54. The number of aryl methyl sites for hydroxylation is 1. The first-order valence-corrected chi connectivity index (χ1v) is 10.5. The van der Waals surface area contributed by atoms with Crippen molar-refractivity contribution in [1.82, 2.24) is 15.2 Å². The van der Waals surface area contributed by atoms with Gasteiger partial charge in [0.15, 0.2) is 5.82 Å². The number of ether oxygens (including phenoxy) is 1. The van der Waals surface area contributed by atoms with Crippen molar-refractivity contribution in [3.8, 4) is 6.07 Å². The van der Waals surface area contributed by atoms with Gasteiger partial charge in [-0.3, -0.25) is 0 Å². The van der Waals surface area contributed by atoms with Gasteiger partial charge in [-0.2, -0.15) is 10.4 Å². The van der Waals surface area contributed by atoms with E-state index in [0.29, 0.717) is 11.4 Å². The van der Waals surface area contributed by atoms with Gasteiger partial charge in [0, 0.05) is 42.1 Å². The molecule has 1 atom stereocenters. The van der Waals surface area contributed by atoms with E-state index in [1.54, 1.807) is 6.07 Å². The third kappa shape index (κ3) is 3.36. The van der Waals surface area contributed by atoms with Crippen LogP contribution in [-0.4, -0.2) is 41.5 Å². The molecule has 0 unspecified atom stereocenters. The molecule has 2 aliphatic rings. The molecule has 0 saturated carbocycles. The van der Waals surface area contributed by atoms with Crippen LogP contribution in [0.1, 0.15) is 35.0 Å². The molecule has 5 rings (SSSR count). The third-order valence-corrected chi connectivity index (χ3v) is 6.52. The number of fused-ring (bicyclic) bond motifs is 1. The Hall–Kier alpha value is -3.28. The van der Waals surface area contributed by atoms with Crippen LogP contribution in [0.25, 0.3) is 10.8 Å². The molecule has 3 aromatic rings. The summed E-state index contributed by atoms with van der Waals surface area (Å²) in [7, 11) is 0. The van der Waals surface area contributed by atoms with E-state index >= 15 is 0 Å². The zero-order valence-electron chi connectivity index (χ0n) is 17.7. The molecule has 1 spiro atoms. The number of aromatic nitrogens is 3. The van der Waals surface area contributed by atoms with Crippen molar-refractivity contribution in [2.24, 2.45) is 11.1 Å². The van der Waals surface area contributed by atoms with Crippen molar-refractivity contribution < 1.29 is 4.74 Å². The number of benzene rings is 1. The highest BCUT2D eigenvalue weighted by Gasteiger charge is 2.46. The predicted octanol–water partition coefficient (Wildman–Crippen LogP) is 2.81. The summed E-state index contributed by atoms with van der Waals surface area (Å²) in [6.45, 7) is 7.45. The number of nitrogens with one attached hydrogen (secondary N) is 1. The largest absolute Gasteiger partial charge is 0.381 e. The number of hydrogen-bond acceptors (Lipinski definition) is 8. The maximum Gasteiger partial charge on any atom is 0.158 e. The normalized spacial score (nSPS) is 18.1. The van der Waals surface area contributed by atoms with E-state index in [-0.39, 0.29) is 5.41 Å². The van der Waals surface area contributed by atoms with E-state index in [0.717, 1.165) is 66.1 Å². The van der Waals surface area contributed by atoms with Gasteiger partial charge < -0.3 is 20.7 Å². The van der Waals surface area contributed by atoms with Crippen LogP contribution in [0.4, 0.5) is 11.6 Å². The minimum atomic E-state index is -0.520. The summed E-state index contributed by atoms with van der Waals surface area (Å²) >= 11 is 0. The lowest BCUT2D eigenvalue weighted by molar-refractivity contribution is 0.131. The molecule has 0 amide bonds. The Labute approximate surface area is 181 Å². The molecule has 8 heteroatoms. The summed E-state index contributed by atoms with van der Waals surface area (Å²) in [5, 5.41) is 23.2. The molecule has 0 radical (unpaired) electrons. The Morgan fingerprint density at radius 2 is 2.10 bits per heavy atom. The van der Waals surface area contributed by atoms with Gasteiger partial charge in [0.05, 0.1) is 23.9 Å². The Bertz CT molecular complexity index is 1190. The number of nitriles is 1. The topological polar surface area (TPSA) is 113 Å². The second-order valence-corrected chi connectivity index (χ2v) is 8.63. The van der Waals surface area contributed by atoms with Crippen molar-refractivity contribution in [2.45, 2.75) is 26.4 Å². The maximum atomic E-state index is 9.32. The summed E-state index contributed by atoms with van der Waals surface area (Å²) in [5.41, 5.74) is 9.91. The molecule has 0 aliphatic carbocycles. The highest BCUT2D eigenvalue weighted by molar-refractivity contribution is 5.94. The lowest BCUT2D eigenvalue weighted by atomic mass is 9.79. The first-order chi connectivity index (χ1) is 15.0. The predicted molar refractivity (Wildman–Crippen MR) is 119 cm³/mol. The lowest BCUT2D eigenvalue weighted by Crippen LogP contribution is -2.57. The molecular formula is C23H25N7O. The molecule has 0 bridgehead atoms. The molecule has 2 aliphatic heterocycles.